The zero-order chi connectivity index (χ0) is 32.1. The highest BCUT2D eigenvalue weighted by atomic mass is 19.4. The Hall–Kier alpha value is -4.52. The zero-order valence-corrected chi connectivity index (χ0v) is 23.5. The lowest BCUT2D eigenvalue weighted by atomic mass is 9.91. The van der Waals surface area contributed by atoms with Crippen molar-refractivity contribution < 1.29 is 36.2 Å². The third-order valence-electron chi connectivity index (χ3n) is 8.37. The minimum absolute atomic E-state index is 0.152. The topological polar surface area (TPSA) is 99.2 Å². The number of aliphatic hydroxyl groups is 1. The van der Waals surface area contributed by atoms with Crippen LogP contribution in [0, 0.1) is 0 Å². The second-order valence-corrected chi connectivity index (χ2v) is 11.3. The van der Waals surface area contributed by atoms with E-state index in [9.17, 15) is 41.0 Å². The van der Waals surface area contributed by atoms with E-state index in [-0.39, 0.29) is 24.2 Å². The Morgan fingerprint density at radius 3 is 2.40 bits per heavy atom. The van der Waals surface area contributed by atoms with Crippen molar-refractivity contribution in [3.63, 3.8) is 0 Å². The lowest BCUT2D eigenvalue weighted by molar-refractivity contribution is -0.142. The molecule has 1 aliphatic carbocycles. The minimum Gasteiger partial charge on any atom is -0.378 e. The third kappa shape index (κ3) is 5.96. The number of aliphatic hydroxyl groups excluding tert-OH is 1. The zero-order valence-electron chi connectivity index (χ0n) is 23.5. The Morgan fingerprint density at radius 2 is 1.69 bits per heavy atom. The van der Waals surface area contributed by atoms with Gasteiger partial charge in [-0.3, -0.25) is 14.6 Å². The molecule has 2 aromatic carbocycles. The number of rotatable bonds is 5. The SMILES string of the molecule is O=C(C(O)c1cccc(C(F)(F)F)c1)N1CCCc2nc(C3(c4cccc(-c5ccnc(C(F)(F)F)c5)c4)CC3)[nH]c(=O)c2C1. The third-order valence-corrected chi connectivity index (χ3v) is 8.37. The predicted octanol–water partition coefficient (Wildman–Crippen LogP) is 5.96. The number of hydrogen-bond donors (Lipinski definition) is 2. The Morgan fingerprint density at radius 1 is 0.956 bits per heavy atom. The molecule has 0 spiro atoms. The number of hydrogen-bond acceptors (Lipinski definition) is 5. The molecule has 1 unspecified atom stereocenters. The van der Waals surface area contributed by atoms with Crippen molar-refractivity contribution in [3.8, 4) is 11.1 Å². The van der Waals surface area contributed by atoms with Crippen LogP contribution in [-0.2, 0) is 35.5 Å². The highest BCUT2D eigenvalue weighted by molar-refractivity contribution is 5.82. The van der Waals surface area contributed by atoms with E-state index in [4.69, 9.17) is 4.98 Å². The van der Waals surface area contributed by atoms with Crippen LogP contribution >= 0.6 is 0 Å². The number of nitrogens with one attached hydrogen (secondary N) is 1. The average molecular weight is 629 g/mol. The van der Waals surface area contributed by atoms with Gasteiger partial charge in [-0.15, -0.1) is 0 Å². The van der Waals surface area contributed by atoms with Crippen molar-refractivity contribution in [2.75, 3.05) is 6.54 Å². The molecule has 2 N–H and O–H groups in total. The molecule has 1 amide bonds. The van der Waals surface area contributed by atoms with E-state index in [0.29, 0.717) is 48.3 Å². The number of halogens is 6. The van der Waals surface area contributed by atoms with Gasteiger partial charge in [0, 0.05) is 12.7 Å². The first-order valence-corrected chi connectivity index (χ1v) is 14.2. The number of carbonyl (C=O) groups excluding carboxylic acids is 1. The molecule has 13 heteroatoms. The second-order valence-electron chi connectivity index (χ2n) is 11.3. The van der Waals surface area contributed by atoms with E-state index < -0.39 is 46.6 Å². The summed E-state index contributed by atoms with van der Waals surface area (Å²) in [5.74, 6) is -0.413. The Labute approximate surface area is 252 Å². The van der Waals surface area contributed by atoms with E-state index in [1.54, 1.807) is 18.2 Å². The number of fused-ring (bicyclic) bond motifs is 1. The van der Waals surface area contributed by atoms with Gasteiger partial charge in [-0.1, -0.05) is 36.4 Å². The molecular formula is C32H26F6N4O3. The number of amides is 1. The predicted molar refractivity (Wildman–Crippen MR) is 150 cm³/mol. The van der Waals surface area contributed by atoms with Crippen molar-refractivity contribution in [1.29, 1.82) is 0 Å². The van der Waals surface area contributed by atoms with Gasteiger partial charge in [-0.2, -0.15) is 26.3 Å². The molecule has 1 aliphatic heterocycles. The van der Waals surface area contributed by atoms with E-state index >= 15 is 0 Å². The Bertz CT molecular complexity index is 1830. The summed E-state index contributed by atoms with van der Waals surface area (Å²) in [4.78, 5) is 38.9. The average Bonchev–Trinajstić information content (AvgIpc) is 3.85. The summed E-state index contributed by atoms with van der Waals surface area (Å²) in [5, 5.41) is 10.7. The first-order chi connectivity index (χ1) is 21.3. The molecule has 0 saturated heterocycles. The molecule has 2 aliphatic rings. The normalized spacial score (nSPS) is 16.9. The lowest BCUT2D eigenvalue weighted by Gasteiger charge is -2.24. The van der Waals surface area contributed by atoms with E-state index in [1.807, 2.05) is 6.07 Å². The highest BCUT2D eigenvalue weighted by Gasteiger charge is 2.49. The van der Waals surface area contributed by atoms with Crippen LogP contribution in [-0.4, -0.2) is 37.4 Å². The van der Waals surface area contributed by atoms with Gasteiger partial charge in [-0.25, -0.2) is 4.98 Å². The van der Waals surface area contributed by atoms with Crippen molar-refractivity contribution in [2.45, 2.75) is 56.1 Å². The van der Waals surface area contributed by atoms with Crippen LogP contribution in [0.1, 0.15) is 64.8 Å². The Kier molecular flexibility index (Phi) is 7.54. The van der Waals surface area contributed by atoms with Gasteiger partial charge in [-0.05, 0) is 72.2 Å². The van der Waals surface area contributed by atoms with Crippen molar-refractivity contribution >= 4 is 5.91 Å². The fourth-order valence-corrected chi connectivity index (χ4v) is 5.79. The summed E-state index contributed by atoms with van der Waals surface area (Å²) in [6.07, 6.45) is -7.93. The standard InChI is InChI=1S/C32H26F6N4O3/c33-31(34,35)22-7-2-5-20(15-22)26(43)28(45)42-13-3-8-24-23(17-42)27(44)41-29(40-24)30(10-11-30)21-6-1-4-18(14-21)19-9-12-39-25(16-19)32(36,37)38/h1-2,4-7,9,12,14-16,26,43H,3,8,10-11,13,17H2,(H,40,41,44). The summed E-state index contributed by atoms with van der Waals surface area (Å²) in [5.41, 5.74) is -0.950. The molecule has 0 radical (unpaired) electrons. The first-order valence-electron chi connectivity index (χ1n) is 14.2. The number of aryl methyl sites for hydroxylation is 1. The second kappa shape index (κ2) is 11.1. The summed E-state index contributed by atoms with van der Waals surface area (Å²) in [6, 6.07) is 13.4. The number of nitrogens with zero attached hydrogens (tertiary/aromatic N) is 3. The maximum Gasteiger partial charge on any atom is 0.433 e. The molecule has 1 saturated carbocycles. The fourth-order valence-electron chi connectivity index (χ4n) is 5.79. The molecule has 234 valence electrons. The molecule has 45 heavy (non-hydrogen) atoms. The monoisotopic (exact) mass is 628 g/mol. The number of H-pyrrole nitrogens is 1. The number of pyridine rings is 1. The van der Waals surface area contributed by atoms with Gasteiger partial charge in [0.15, 0.2) is 6.10 Å². The Balaban J connectivity index is 1.26. The van der Waals surface area contributed by atoms with Crippen LogP contribution in [0.25, 0.3) is 11.1 Å². The van der Waals surface area contributed by atoms with Gasteiger partial charge >= 0.3 is 12.4 Å². The number of aromatic amines is 1. The molecule has 1 atom stereocenters. The molecule has 3 heterocycles. The van der Waals surface area contributed by atoms with Crippen molar-refractivity contribution in [3.05, 3.63) is 117 Å². The summed E-state index contributed by atoms with van der Waals surface area (Å²) in [6.45, 7) is -0.0299. The number of alkyl halides is 6. The highest BCUT2D eigenvalue weighted by Crippen LogP contribution is 2.52. The first kappa shape index (κ1) is 30.5. The quantitative estimate of drug-likeness (QED) is 0.266. The molecule has 6 rings (SSSR count). The van der Waals surface area contributed by atoms with Crippen LogP contribution in [0.5, 0.6) is 0 Å². The number of carbonyl (C=O) groups is 1. The van der Waals surface area contributed by atoms with Crippen LogP contribution < -0.4 is 5.56 Å². The van der Waals surface area contributed by atoms with Gasteiger partial charge in [0.1, 0.15) is 11.5 Å². The van der Waals surface area contributed by atoms with Crippen LogP contribution in [0.15, 0.2) is 71.7 Å². The lowest BCUT2D eigenvalue weighted by Crippen LogP contribution is -2.36. The van der Waals surface area contributed by atoms with Gasteiger partial charge in [0.05, 0.1) is 28.8 Å². The van der Waals surface area contributed by atoms with Gasteiger partial charge in [0.25, 0.3) is 11.5 Å². The maximum atomic E-state index is 13.4. The van der Waals surface area contributed by atoms with Crippen LogP contribution in [0.2, 0.25) is 0 Å². The van der Waals surface area contributed by atoms with Crippen LogP contribution in [0.3, 0.4) is 0 Å². The van der Waals surface area contributed by atoms with Crippen molar-refractivity contribution in [1.82, 2.24) is 19.9 Å². The van der Waals surface area contributed by atoms with Gasteiger partial charge < -0.3 is 15.0 Å². The summed E-state index contributed by atoms with van der Waals surface area (Å²) in [7, 11) is 0. The van der Waals surface area contributed by atoms with Crippen LogP contribution in [0.4, 0.5) is 26.3 Å². The van der Waals surface area contributed by atoms with Crippen molar-refractivity contribution in [2.24, 2.45) is 0 Å². The molecular weight excluding hydrogens is 602 g/mol. The minimum atomic E-state index is -4.65. The number of aromatic nitrogens is 3. The summed E-state index contributed by atoms with van der Waals surface area (Å²) < 4.78 is 79.3. The fraction of sp³-hybridized carbons (Fsp3) is 0.312. The molecule has 2 aromatic heterocycles. The number of benzene rings is 2. The maximum absolute atomic E-state index is 13.4. The van der Waals surface area contributed by atoms with Gasteiger partial charge in [0.2, 0.25) is 0 Å². The molecule has 0 bridgehead atoms. The summed E-state index contributed by atoms with van der Waals surface area (Å²) >= 11 is 0. The van der Waals surface area contributed by atoms with E-state index in [1.165, 1.54) is 17.0 Å². The molecule has 7 nitrogen and oxygen atoms in total. The smallest absolute Gasteiger partial charge is 0.378 e. The van der Waals surface area contributed by atoms with E-state index in [0.717, 1.165) is 36.0 Å². The largest absolute Gasteiger partial charge is 0.433 e. The molecule has 1 fully saturated rings. The molecule has 4 aromatic rings. The van der Waals surface area contributed by atoms with E-state index in [2.05, 4.69) is 9.97 Å².